The fourth-order valence-electron chi connectivity index (χ4n) is 3.88. The van der Waals surface area contributed by atoms with Gasteiger partial charge >= 0.3 is 17.9 Å². The first kappa shape index (κ1) is 16.5. The Labute approximate surface area is 140 Å². The van der Waals surface area contributed by atoms with E-state index in [1.54, 1.807) is 20.8 Å². The van der Waals surface area contributed by atoms with Crippen LogP contribution in [0.25, 0.3) is 0 Å². The van der Waals surface area contributed by atoms with Crippen molar-refractivity contribution in [2.24, 2.45) is 10.8 Å². The lowest BCUT2D eigenvalue weighted by Crippen LogP contribution is -2.33. The van der Waals surface area contributed by atoms with Crippen LogP contribution >= 0.6 is 0 Å². The van der Waals surface area contributed by atoms with Crippen molar-refractivity contribution in [3.63, 3.8) is 0 Å². The van der Waals surface area contributed by atoms with Gasteiger partial charge in [-0.1, -0.05) is 19.7 Å². The maximum absolute atomic E-state index is 11.8. The van der Waals surface area contributed by atoms with Crippen LogP contribution in [0.4, 0.5) is 0 Å². The van der Waals surface area contributed by atoms with Crippen molar-refractivity contribution in [1.82, 2.24) is 0 Å². The summed E-state index contributed by atoms with van der Waals surface area (Å²) in [5.41, 5.74) is -0.174. The highest BCUT2D eigenvalue weighted by atomic mass is 16.6. The van der Waals surface area contributed by atoms with Crippen LogP contribution in [0.3, 0.4) is 0 Å². The fourth-order valence-corrected chi connectivity index (χ4v) is 3.88. The minimum Gasteiger partial charge on any atom is -0.458 e. The van der Waals surface area contributed by atoms with E-state index in [0.717, 1.165) is 0 Å². The summed E-state index contributed by atoms with van der Waals surface area (Å²) in [6, 6.07) is 0. The molecular weight excluding hydrogens is 312 g/mol. The summed E-state index contributed by atoms with van der Waals surface area (Å²) < 4.78 is 16.3. The van der Waals surface area contributed by atoms with E-state index >= 15 is 0 Å². The molecule has 3 fully saturated rings. The van der Waals surface area contributed by atoms with E-state index < -0.39 is 47.0 Å². The average Bonchev–Trinajstić information content (AvgIpc) is 3.16. The standard InChI is InChI=1S/C18H20O6/c1-8(2)12(19)22-11-7-17-15(23-13(20)9(3)4)18(11,17)16(17)24-14(21)10(5)6/h11,15-16H,1,3,5,7H2,2,4,6H3. The number of rotatable bonds is 6. The quantitative estimate of drug-likeness (QED) is 0.420. The summed E-state index contributed by atoms with van der Waals surface area (Å²) in [5.74, 6) is -1.50. The number of carbonyl (C=O) groups excluding carboxylic acids is 3. The van der Waals surface area contributed by atoms with E-state index in [1.165, 1.54) is 0 Å². The Kier molecular flexibility index (Phi) is 3.31. The zero-order valence-corrected chi connectivity index (χ0v) is 14.0. The number of ether oxygens (including phenoxy) is 3. The molecule has 3 aliphatic rings. The van der Waals surface area contributed by atoms with E-state index in [-0.39, 0.29) is 5.57 Å². The van der Waals surface area contributed by atoms with E-state index in [0.29, 0.717) is 17.6 Å². The second kappa shape index (κ2) is 4.82. The van der Waals surface area contributed by atoms with Gasteiger partial charge < -0.3 is 14.2 Å². The third kappa shape index (κ3) is 1.79. The predicted octanol–water partition coefficient (Wildman–Crippen LogP) is 1.85. The Morgan fingerprint density at radius 3 is 1.54 bits per heavy atom. The summed E-state index contributed by atoms with van der Waals surface area (Å²) in [7, 11) is 0. The summed E-state index contributed by atoms with van der Waals surface area (Å²) in [6.45, 7) is 15.3. The normalized spacial score (nSPS) is 36.9. The fraction of sp³-hybridized carbons (Fsp3) is 0.500. The van der Waals surface area contributed by atoms with Gasteiger partial charge in [0.25, 0.3) is 0 Å². The van der Waals surface area contributed by atoms with Crippen LogP contribution in [0.5, 0.6) is 0 Å². The number of hydrogen-bond donors (Lipinski definition) is 0. The molecule has 0 saturated heterocycles. The van der Waals surface area contributed by atoms with Gasteiger partial charge in [-0.05, 0) is 27.2 Å². The molecule has 0 aromatic heterocycles. The lowest BCUT2D eigenvalue weighted by Gasteiger charge is -2.23. The molecule has 24 heavy (non-hydrogen) atoms. The summed E-state index contributed by atoms with van der Waals surface area (Å²) in [6.07, 6.45) is -0.790. The van der Waals surface area contributed by atoms with Crippen molar-refractivity contribution in [2.45, 2.75) is 45.5 Å². The first-order valence-corrected chi connectivity index (χ1v) is 7.70. The Balaban J connectivity index is 1.73. The Morgan fingerprint density at radius 2 is 1.17 bits per heavy atom. The van der Waals surface area contributed by atoms with E-state index in [9.17, 15) is 14.4 Å². The zero-order chi connectivity index (χ0) is 18.0. The first-order valence-electron chi connectivity index (χ1n) is 7.70. The molecule has 3 rings (SSSR count). The third-order valence-electron chi connectivity index (χ3n) is 5.24. The smallest absolute Gasteiger partial charge is 0.333 e. The number of carbonyl (C=O) groups is 3. The molecule has 3 saturated carbocycles. The molecule has 0 aromatic carbocycles. The second-order valence-electron chi connectivity index (χ2n) is 6.98. The van der Waals surface area contributed by atoms with Gasteiger partial charge in [0.15, 0.2) is 0 Å². The average molecular weight is 332 g/mol. The predicted molar refractivity (Wildman–Crippen MR) is 83.6 cm³/mol. The minimum atomic E-state index is -0.617. The molecule has 3 unspecified atom stereocenters. The lowest BCUT2D eigenvalue weighted by molar-refractivity contribution is -0.154. The monoisotopic (exact) mass is 332 g/mol. The summed E-state index contributed by atoms with van der Waals surface area (Å²) in [5, 5.41) is 0. The SMILES string of the molecule is C=C(C)C(=O)OC1CC23C(OC(=O)C(=C)C)C12C3OC(=O)C(=C)C. The van der Waals surface area contributed by atoms with Crippen molar-refractivity contribution < 1.29 is 28.6 Å². The summed E-state index contributed by atoms with van der Waals surface area (Å²) in [4.78, 5) is 35.3. The zero-order valence-electron chi connectivity index (χ0n) is 14.0. The van der Waals surface area contributed by atoms with Crippen molar-refractivity contribution in [3.8, 4) is 0 Å². The van der Waals surface area contributed by atoms with Crippen molar-refractivity contribution in [2.75, 3.05) is 0 Å². The molecule has 0 bridgehead atoms. The molecule has 3 atom stereocenters. The minimum absolute atomic E-state index is 0.288. The van der Waals surface area contributed by atoms with Crippen LogP contribution in [0.15, 0.2) is 36.5 Å². The van der Waals surface area contributed by atoms with Crippen LogP contribution in [0.1, 0.15) is 27.2 Å². The van der Waals surface area contributed by atoms with Crippen molar-refractivity contribution >= 4 is 17.9 Å². The van der Waals surface area contributed by atoms with E-state index in [1.807, 2.05) is 0 Å². The van der Waals surface area contributed by atoms with Crippen LogP contribution in [0, 0.1) is 10.8 Å². The number of hydrogen-bond acceptors (Lipinski definition) is 6. The van der Waals surface area contributed by atoms with Crippen LogP contribution < -0.4 is 0 Å². The second-order valence-corrected chi connectivity index (χ2v) is 6.98. The van der Waals surface area contributed by atoms with Crippen molar-refractivity contribution in [3.05, 3.63) is 36.5 Å². The van der Waals surface area contributed by atoms with Crippen LogP contribution in [0.2, 0.25) is 0 Å². The van der Waals surface area contributed by atoms with Gasteiger partial charge in [0.1, 0.15) is 18.3 Å². The molecule has 0 aliphatic heterocycles. The Hall–Kier alpha value is -2.37. The Bertz CT molecular complexity index is 635. The van der Waals surface area contributed by atoms with Gasteiger partial charge in [0.05, 0.1) is 10.8 Å². The molecule has 6 heteroatoms. The lowest BCUT2D eigenvalue weighted by atomic mass is 9.96. The number of esters is 3. The van der Waals surface area contributed by atoms with Gasteiger partial charge in [-0.2, -0.15) is 0 Å². The molecule has 0 aromatic rings. The van der Waals surface area contributed by atoms with Gasteiger partial charge in [0.2, 0.25) is 0 Å². The van der Waals surface area contributed by atoms with E-state index in [2.05, 4.69) is 19.7 Å². The van der Waals surface area contributed by atoms with E-state index in [4.69, 9.17) is 14.2 Å². The van der Waals surface area contributed by atoms with Crippen molar-refractivity contribution in [1.29, 1.82) is 0 Å². The molecular formula is C18H20O6. The third-order valence-corrected chi connectivity index (χ3v) is 5.24. The maximum Gasteiger partial charge on any atom is 0.333 e. The highest BCUT2D eigenvalue weighted by Crippen LogP contribution is 2.98. The highest BCUT2D eigenvalue weighted by Gasteiger charge is 3.12. The largest absolute Gasteiger partial charge is 0.458 e. The maximum atomic E-state index is 11.8. The molecule has 3 aliphatic carbocycles. The molecule has 0 N–H and O–H groups in total. The van der Waals surface area contributed by atoms with Crippen LogP contribution in [-0.2, 0) is 28.6 Å². The Morgan fingerprint density at radius 1 is 0.792 bits per heavy atom. The molecule has 0 amide bonds. The van der Waals surface area contributed by atoms with Gasteiger partial charge in [0, 0.05) is 16.7 Å². The summed E-state index contributed by atoms with van der Waals surface area (Å²) >= 11 is 0. The van der Waals surface area contributed by atoms with Gasteiger partial charge in [-0.15, -0.1) is 0 Å². The molecule has 6 nitrogen and oxygen atoms in total. The van der Waals surface area contributed by atoms with Gasteiger partial charge in [-0.3, -0.25) is 0 Å². The van der Waals surface area contributed by atoms with Gasteiger partial charge in [-0.25, -0.2) is 14.4 Å². The molecule has 0 radical (unpaired) electrons. The molecule has 128 valence electrons. The highest BCUT2D eigenvalue weighted by molar-refractivity contribution is 5.90. The molecule has 0 heterocycles. The molecule has 0 spiro atoms. The van der Waals surface area contributed by atoms with Crippen LogP contribution in [-0.4, -0.2) is 36.2 Å². The first-order chi connectivity index (χ1) is 11.1. The topological polar surface area (TPSA) is 78.9 Å².